The number of hydrogen-bond donors (Lipinski definition) is 1. The van der Waals surface area contributed by atoms with Crippen LogP contribution in [0.3, 0.4) is 0 Å². The number of aromatic nitrogens is 2. The van der Waals surface area contributed by atoms with Gasteiger partial charge in [0.25, 0.3) is 0 Å². The van der Waals surface area contributed by atoms with Gasteiger partial charge in [-0.25, -0.2) is 9.97 Å². The Bertz CT molecular complexity index is 742. The number of benzene rings is 1. The summed E-state index contributed by atoms with van der Waals surface area (Å²) in [4.78, 5) is 9.20. The molecule has 0 radical (unpaired) electrons. The fraction of sp³-hybridized carbons (Fsp3) is 0.200. The Labute approximate surface area is 125 Å². The Balaban J connectivity index is 2.24. The highest BCUT2D eigenvalue weighted by Crippen LogP contribution is 2.32. The number of anilines is 1. The van der Waals surface area contributed by atoms with Gasteiger partial charge in [-0.3, -0.25) is 0 Å². The molecule has 5 heteroatoms. The first-order chi connectivity index (χ1) is 9.74. The maximum atomic E-state index is 5.57. The van der Waals surface area contributed by atoms with Gasteiger partial charge < -0.3 is 9.73 Å². The Hall–Kier alpha value is -1.88. The summed E-state index contributed by atoms with van der Waals surface area (Å²) in [5.41, 5.74) is 2.74. The molecule has 0 saturated heterocycles. The Morgan fingerprint density at radius 1 is 1.25 bits per heavy atom. The van der Waals surface area contributed by atoms with Crippen molar-refractivity contribution in [1.29, 1.82) is 0 Å². The van der Waals surface area contributed by atoms with E-state index in [4.69, 9.17) is 4.42 Å². The SMILES string of the molecule is CCc1nc(-c2coc3ccccc23)nc(NC)c1Br. The van der Waals surface area contributed by atoms with Gasteiger partial charge in [0.05, 0.1) is 15.7 Å². The highest BCUT2D eigenvalue weighted by Gasteiger charge is 2.15. The summed E-state index contributed by atoms with van der Waals surface area (Å²) in [5, 5.41) is 4.12. The number of hydrogen-bond acceptors (Lipinski definition) is 4. The molecule has 2 aromatic heterocycles. The number of rotatable bonds is 3. The zero-order valence-corrected chi connectivity index (χ0v) is 12.9. The van der Waals surface area contributed by atoms with Crippen molar-refractivity contribution in [3.05, 3.63) is 40.7 Å². The predicted molar refractivity (Wildman–Crippen MR) is 83.9 cm³/mol. The molecule has 0 unspecified atom stereocenters. The summed E-state index contributed by atoms with van der Waals surface area (Å²) in [6.07, 6.45) is 2.55. The summed E-state index contributed by atoms with van der Waals surface area (Å²) in [5.74, 6) is 1.47. The lowest BCUT2D eigenvalue weighted by molar-refractivity contribution is 0.616. The molecule has 20 heavy (non-hydrogen) atoms. The van der Waals surface area contributed by atoms with Crippen LogP contribution >= 0.6 is 15.9 Å². The van der Waals surface area contributed by atoms with Crippen LogP contribution in [0.4, 0.5) is 5.82 Å². The first kappa shape index (κ1) is 13.1. The molecule has 1 N–H and O–H groups in total. The lowest BCUT2D eigenvalue weighted by Gasteiger charge is -2.09. The minimum Gasteiger partial charge on any atom is -0.464 e. The molecule has 0 fully saturated rings. The van der Waals surface area contributed by atoms with E-state index in [-0.39, 0.29) is 0 Å². The van der Waals surface area contributed by atoms with Crippen molar-refractivity contribution in [3.63, 3.8) is 0 Å². The molecule has 0 spiro atoms. The first-order valence-electron chi connectivity index (χ1n) is 6.45. The normalized spacial score (nSPS) is 10.9. The average Bonchev–Trinajstić information content (AvgIpc) is 2.91. The van der Waals surface area contributed by atoms with Crippen molar-refractivity contribution in [3.8, 4) is 11.4 Å². The molecular formula is C15H14BrN3O. The number of nitrogens with zero attached hydrogens (tertiary/aromatic N) is 2. The minimum atomic E-state index is 0.680. The van der Waals surface area contributed by atoms with E-state index < -0.39 is 0 Å². The number of nitrogens with one attached hydrogen (secondary N) is 1. The number of halogens is 1. The fourth-order valence-electron chi connectivity index (χ4n) is 2.16. The third-order valence-corrected chi connectivity index (χ3v) is 4.05. The van der Waals surface area contributed by atoms with Crippen LogP contribution in [0.15, 0.2) is 39.4 Å². The molecule has 2 heterocycles. The van der Waals surface area contributed by atoms with Gasteiger partial charge >= 0.3 is 0 Å². The van der Waals surface area contributed by atoms with E-state index in [1.165, 1.54) is 0 Å². The second-order valence-electron chi connectivity index (χ2n) is 4.41. The van der Waals surface area contributed by atoms with Crippen molar-refractivity contribution >= 4 is 32.7 Å². The molecule has 3 aromatic rings. The van der Waals surface area contributed by atoms with E-state index in [0.717, 1.165) is 38.9 Å². The van der Waals surface area contributed by atoms with Gasteiger partial charge in [-0.15, -0.1) is 0 Å². The second-order valence-corrected chi connectivity index (χ2v) is 5.20. The molecule has 3 rings (SSSR count). The number of aryl methyl sites for hydroxylation is 1. The molecule has 0 aliphatic rings. The maximum absolute atomic E-state index is 5.57. The Morgan fingerprint density at radius 3 is 2.80 bits per heavy atom. The van der Waals surface area contributed by atoms with Crippen LogP contribution < -0.4 is 5.32 Å². The van der Waals surface area contributed by atoms with Crippen molar-refractivity contribution in [2.45, 2.75) is 13.3 Å². The third-order valence-electron chi connectivity index (χ3n) is 3.21. The summed E-state index contributed by atoms with van der Waals surface area (Å²) < 4.78 is 6.48. The summed E-state index contributed by atoms with van der Waals surface area (Å²) in [6, 6.07) is 7.90. The standard InChI is InChI=1S/C15H14BrN3O/c1-3-11-13(16)15(17-2)19-14(18-11)10-8-20-12-7-5-4-6-9(10)12/h4-8H,3H2,1-2H3,(H,17,18,19). The van der Waals surface area contributed by atoms with Crippen LogP contribution in [0.25, 0.3) is 22.4 Å². The van der Waals surface area contributed by atoms with Gasteiger partial charge in [0, 0.05) is 12.4 Å². The largest absolute Gasteiger partial charge is 0.464 e. The van der Waals surface area contributed by atoms with Crippen molar-refractivity contribution < 1.29 is 4.42 Å². The summed E-state index contributed by atoms with van der Waals surface area (Å²) in [7, 11) is 1.85. The van der Waals surface area contributed by atoms with Crippen LogP contribution in [0.2, 0.25) is 0 Å². The van der Waals surface area contributed by atoms with Crippen LogP contribution in [0, 0.1) is 0 Å². The monoisotopic (exact) mass is 331 g/mol. The Kier molecular flexibility index (Phi) is 3.44. The predicted octanol–water partition coefficient (Wildman–Crippen LogP) is 4.26. The van der Waals surface area contributed by atoms with Crippen molar-refractivity contribution in [2.24, 2.45) is 0 Å². The molecular weight excluding hydrogens is 318 g/mol. The van der Waals surface area contributed by atoms with Crippen molar-refractivity contribution in [2.75, 3.05) is 12.4 Å². The third kappa shape index (κ3) is 2.08. The lowest BCUT2D eigenvalue weighted by Crippen LogP contribution is -2.02. The molecule has 0 bridgehead atoms. The Morgan fingerprint density at radius 2 is 2.05 bits per heavy atom. The zero-order valence-electron chi connectivity index (χ0n) is 11.3. The molecule has 1 aromatic carbocycles. The molecule has 0 saturated carbocycles. The summed E-state index contributed by atoms with van der Waals surface area (Å²) in [6.45, 7) is 2.07. The quantitative estimate of drug-likeness (QED) is 0.779. The van der Waals surface area contributed by atoms with Crippen molar-refractivity contribution in [1.82, 2.24) is 9.97 Å². The maximum Gasteiger partial charge on any atom is 0.165 e. The van der Waals surface area contributed by atoms with E-state index in [1.807, 2.05) is 31.3 Å². The van der Waals surface area contributed by atoms with E-state index in [2.05, 4.69) is 38.1 Å². The molecule has 0 aliphatic heterocycles. The topological polar surface area (TPSA) is 51.0 Å². The van der Waals surface area contributed by atoms with E-state index in [1.54, 1.807) is 6.26 Å². The van der Waals surface area contributed by atoms with Gasteiger partial charge in [0.1, 0.15) is 17.7 Å². The van der Waals surface area contributed by atoms with E-state index in [9.17, 15) is 0 Å². The highest BCUT2D eigenvalue weighted by atomic mass is 79.9. The van der Waals surface area contributed by atoms with Crippen LogP contribution in [0.1, 0.15) is 12.6 Å². The molecule has 0 atom stereocenters. The number of furan rings is 1. The zero-order chi connectivity index (χ0) is 14.1. The molecule has 4 nitrogen and oxygen atoms in total. The molecule has 0 amide bonds. The first-order valence-corrected chi connectivity index (χ1v) is 7.24. The van der Waals surface area contributed by atoms with Crippen LogP contribution in [-0.2, 0) is 6.42 Å². The lowest BCUT2D eigenvalue weighted by atomic mass is 10.1. The smallest absolute Gasteiger partial charge is 0.165 e. The molecule has 102 valence electrons. The average molecular weight is 332 g/mol. The van der Waals surface area contributed by atoms with Gasteiger partial charge in [-0.05, 0) is 28.4 Å². The molecule has 0 aliphatic carbocycles. The fourth-order valence-corrected chi connectivity index (χ4v) is 2.82. The summed E-state index contributed by atoms with van der Waals surface area (Å²) >= 11 is 3.54. The van der Waals surface area contributed by atoms with Gasteiger partial charge in [0.15, 0.2) is 5.82 Å². The van der Waals surface area contributed by atoms with Gasteiger partial charge in [-0.2, -0.15) is 0 Å². The van der Waals surface area contributed by atoms with Crippen LogP contribution in [-0.4, -0.2) is 17.0 Å². The van der Waals surface area contributed by atoms with Gasteiger partial charge in [0.2, 0.25) is 0 Å². The number of fused-ring (bicyclic) bond motifs is 1. The highest BCUT2D eigenvalue weighted by molar-refractivity contribution is 9.10. The van der Waals surface area contributed by atoms with E-state index in [0.29, 0.717) is 5.82 Å². The van der Waals surface area contributed by atoms with Gasteiger partial charge in [-0.1, -0.05) is 25.1 Å². The minimum absolute atomic E-state index is 0.680. The second kappa shape index (κ2) is 5.25. The van der Waals surface area contributed by atoms with Crippen LogP contribution in [0.5, 0.6) is 0 Å². The number of para-hydroxylation sites is 1. The van der Waals surface area contributed by atoms with E-state index >= 15 is 0 Å².